The van der Waals surface area contributed by atoms with E-state index in [1.165, 1.54) is 18.2 Å². The summed E-state index contributed by atoms with van der Waals surface area (Å²) in [6.45, 7) is 1.03. The molecule has 1 aromatic carbocycles. The van der Waals surface area contributed by atoms with Gasteiger partial charge in [-0.15, -0.1) is 0 Å². The molecule has 0 aromatic heterocycles. The molecule has 7 heteroatoms. The van der Waals surface area contributed by atoms with Crippen LogP contribution in [0.2, 0.25) is 0 Å². The van der Waals surface area contributed by atoms with Gasteiger partial charge in [-0.2, -0.15) is 0 Å². The van der Waals surface area contributed by atoms with Gasteiger partial charge in [-0.05, 0) is 52.9 Å². The van der Waals surface area contributed by atoms with E-state index in [4.69, 9.17) is 5.11 Å². The highest BCUT2D eigenvalue weighted by Crippen LogP contribution is 2.22. The number of likely N-dealkylation sites (tertiary alicyclic amines) is 1. The Bertz CT molecular complexity index is 553. The van der Waals surface area contributed by atoms with Crippen molar-refractivity contribution in [1.29, 1.82) is 0 Å². The average molecular weight is 359 g/mol. The van der Waals surface area contributed by atoms with Crippen molar-refractivity contribution >= 4 is 33.6 Å². The monoisotopic (exact) mass is 358 g/mol. The lowest BCUT2D eigenvalue weighted by molar-refractivity contribution is -0.138. The highest BCUT2D eigenvalue weighted by Gasteiger charge is 2.25. The Morgan fingerprint density at radius 1 is 1.48 bits per heavy atom. The van der Waals surface area contributed by atoms with E-state index in [-0.39, 0.29) is 22.8 Å². The van der Waals surface area contributed by atoms with E-state index in [0.29, 0.717) is 18.8 Å². The van der Waals surface area contributed by atoms with Crippen LogP contribution < -0.4 is 5.32 Å². The number of benzene rings is 1. The van der Waals surface area contributed by atoms with Crippen molar-refractivity contribution in [2.24, 2.45) is 5.92 Å². The number of nitrogens with one attached hydrogen (secondary N) is 1. The van der Waals surface area contributed by atoms with E-state index in [9.17, 15) is 14.0 Å². The van der Waals surface area contributed by atoms with Gasteiger partial charge in [-0.3, -0.25) is 4.79 Å². The van der Waals surface area contributed by atoms with Crippen molar-refractivity contribution in [3.05, 3.63) is 28.5 Å². The van der Waals surface area contributed by atoms with E-state index in [1.807, 2.05) is 0 Å². The first kappa shape index (κ1) is 15.8. The molecule has 1 aliphatic rings. The van der Waals surface area contributed by atoms with Crippen molar-refractivity contribution in [1.82, 2.24) is 4.90 Å². The summed E-state index contributed by atoms with van der Waals surface area (Å²) < 4.78 is 13.4. The Morgan fingerprint density at radius 3 is 2.90 bits per heavy atom. The number of rotatable bonds is 3. The van der Waals surface area contributed by atoms with Gasteiger partial charge in [0.1, 0.15) is 5.82 Å². The molecule has 1 saturated heterocycles. The van der Waals surface area contributed by atoms with Crippen LogP contribution in [0.5, 0.6) is 0 Å². The summed E-state index contributed by atoms with van der Waals surface area (Å²) in [6.07, 6.45) is 1.68. The highest BCUT2D eigenvalue weighted by atomic mass is 79.9. The fourth-order valence-electron chi connectivity index (χ4n) is 2.44. The van der Waals surface area contributed by atoms with Gasteiger partial charge in [-0.1, -0.05) is 0 Å². The number of carbonyl (C=O) groups is 2. The zero-order chi connectivity index (χ0) is 15.4. The van der Waals surface area contributed by atoms with E-state index in [2.05, 4.69) is 21.2 Å². The van der Waals surface area contributed by atoms with Gasteiger partial charge in [0.25, 0.3) is 0 Å². The van der Waals surface area contributed by atoms with Gasteiger partial charge in [-0.25, -0.2) is 9.18 Å². The Morgan fingerprint density at radius 2 is 2.24 bits per heavy atom. The van der Waals surface area contributed by atoms with Crippen LogP contribution in [-0.4, -0.2) is 35.1 Å². The predicted molar refractivity (Wildman–Crippen MR) is 79.7 cm³/mol. The molecule has 0 bridgehead atoms. The van der Waals surface area contributed by atoms with Crippen molar-refractivity contribution in [3.8, 4) is 0 Å². The summed E-state index contributed by atoms with van der Waals surface area (Å²) in [5, 5.41) is 11.5. The predicted octanol–water partition coefficient (Wildman–Crippen LogP) is 3.31. The minimum atomic E-state index is -0.843. The third kappa shape index (κ3) is 4.42. The van der Waals surface area contributed by atoms with Crippen LogP contribution in [0.15, 0.2) is 22.7 Å². The number of nitrogens with zero attached hydrogens (tertiary/aromatic N) is 1. The smallest absolute Gasteiger partial charge is 0.321 e. The van der Waals surface area contributed by atoms with Gasteiger partial charge in [0.15, 0.2) is 0 Å². The van der Waals surface area contributed by atoms with Crippen LogP contribution in [0.25, 0.3) is 0 Å². The van der Waals surface area contributed by atoms with Crippen LogP contribution in [-0.2, 0) is 4.79 Å². The van der Waals surface area contributed by atoms with Crippen LogP contribution >= 0.6 is 15.9 Å². The molecule has 1 atom stereocenters. The Kier molecular flexibility index (Phi) is 5.17. The van der Waals surface area contributed by atoms with Gasteiger partial charge in [0, 0.05) is 25.2 Å². The molecule has 21 heavy (non-hydrogen) atoms. The van der Waals surface area contributed by atoms with E-state index in [0.717, 1.165) is 12.8 Å². The van der Waals surface area contributed by atoms with Crippen molar-refractivity contribution in [3.63, 3.8) is 0 Å². The molecule has 1 aliphatic heterocycles. The summed E-state index contributed by atoms with van der Waals surface area (Å²) in [5.41, 5.74) is 0.494. The molecular weight excluding hydrogens is 343 g/mol. The van der Waals surface area contributed by atoms with Crippen LogP contribution in [0.3, 0.4) is 0 Å². The summed E-state index contributed by atoms with van der Waals surface area (Å²) in [6, 6.07) is 3.95. The Hall–Kier alpha value is -1.63. The van der Waals surface area contributed by atoms with Crippen molar-refractivity contribution in [2.45, 2.75) is 19.3 Å². The number of piperidine rings is 1. The number of anilines is 1. The second-order valence-electron chi connectivity index (χ2n) is 5.11. The normalized spacial score (nSPS) is 18.4. The summed E-state index contributed by atoms with van der Waals surface area (Å²) in [5.74, 6) is -1.25. The quantitative estimate of drug-likeness (QED) is 0.870. The highest BCUT2D eigenvalue weighted by molar-refractivity contribution is 9.10. The van der Waals surface area contributed by atoms with Gasteiger partial charge < -0.3 is 15.3 Å². The molecule has 1 fully saturated rings. The second-order valence-corrected chi connectivity index (χ2v) is 5.97. The first-order valence-electron chi connectivity index (χ1n) is 6.68. The molecule has 0 spiro atoms. The number of carboxylic acid groups (broad SMARTS) is 1. The first-order chi connectivity index (χ1) is 9.95. The van der Waals surface area contributed by atoms with Crippen LogP contribution in [0.4, 0.5) is 14.9 Å². The SMILES string of the molecule is O=C(O)CC1CCCN(C(=O)Nc2ccc(F)c(Br)c2)C1. The topological polar surface area (TPSA) is 69.6 Å². The molecule has 0 aliphatic carbocycles. The molecule has 2 rings (SSSR count). The number of carbonyl (C=O) groups excluding carboxylic acids is 1. The van der Waals surface area contributed by atoms with Crippen LogP contribution in [0.1, 0.15) is 19.3 Å². The lowest BCUT2D eigenvalue weighted by Gasteiger charge is -2.32. The summed E-state index contributed by atoms with van der Waals surface area (Å²) in [7, 11) is 0. The molecule has 1 aromatic rings. The molecule has 1 unspecified atom stereocenters. The van der Waals surface area contributed by atoms with Crippen molar-refractivity contribution in [2.75, 3.05) is 18.4 Å². The standard InChI is InChI=1S/C14H16BrFN2O3/c15-11-7-10(3-4-12(11)16)17-14(21)18-5-1-2-9(8-18)6-13(19)20/h3-4,7,9H,1-2,5-6,8H2,(H,17,21)(H,19,20). The minimum absolute atomic E-state index is 0.0121. The van der Waals surface area contributed by atoms with Gasteiger partial charge in [0.05, 0.1) is 4.47 Å². The molecule has 2 amide bonds. The lowest BCUT2D eigenvalue weighted by Crippen LogP contribution is -2.42. The third-order valence-corrected chi connectivity index (χ3v) is 4.05. The molecule has 0 radical (unpaired) electrons. The average Bonchev–Trinajstić information content (AvgIpc) is 2.42. The minimum Gasteiger partial charge on any atom is -0.481 e. The number of aliphatic carboxylic acids is 1. The van der Waals surface area contributed by atoms with Gasteiger partial charge in [0.2, 0.25) is 0 Å². The Balaban J connectivity index is 1.96. The first-order valence-corrected chi connectivity index (χ1v) is 7.48. The number of halogens is 2. The number of amides is 2. The summed E-state index contributed by atoms with van der Waals surface area (Å²) in [4.78, 5) is 24.5. The zero-order valence-electron chi connectivity index (χ0n) is 11.3. The number of hydrogen-bond donors (Lipinski definition) is 2. The summed E-state index contributed by atoms with van der Waals surface area (Å²) >= 11 is 3.06. The molecule has 2 N–H and O–H groups in total. The number of hydrogen-bond acceptors (Lipinski definition) is 2. The maximum atomic E-state index is 13.1. The molecule has 114 valence electrons. The second kappa shape index (κ2) is 6.89. The maximum Gasteiger partial charge on any atom is 0.321 e. The number of carboxylic acids is 1. The fourth-order valence-corrected chi connectivity index (χ4v) is 2.82. The number of urea groups is 1. The maximum absolute atomic E-state index is 13.1. The molecule has 5 nitrogen and oxygen atoms in total. The molecule has 0 saturated carbocycles. The molecule has 1 heterocycles. The van der Waals surface area contributed by atoms with E-state index >= 15 is 0 Å². The molecular formula is C14H16BrFN2O3. The third-order valence-electron chi connectivity index (χ3n) is 3.44. The largest absolute Gasteiger partial charge is 0.481 e. The zero-order valence-corrected chi connectivity index (χ0v) is 12.9. The van der Waals surface area contributed by atoms with Crippen LogP contribution in [0, 0.1) is 11.7 Å². The Labute approximate surface area is 130 Å². The fraction of sp³-hybridized carbons (Fsp3) is 0.429. The van der Waals surface area contributed by atoms with E-state index < -0.39 is 11.8 Å². The van der Waals surface area contributed by atoms with Crippen molar-refractivity contribution < 1.29 is 19.1 Å². The van der Waals surface area contributed by atoms with Gasteiger partial charge >= 0.3 is 12.0 Å². The lowest BCUT2D eigenvalue weighted by atomic mass is 9.95. The van der Waals surface area contributed by atoms with E-state index in [1.54, 1.807) is 4.90 Å².